The third-order valence-corrected chi connectivity index (χ3v) is 2.36. The Bertz CT molecular complexity index is 659. The minimum atomic E-state index is -5.04. The van der Waals surface area contributed by atoms with Crippen molar-refractivity contribution in [2.45, 2.75) is 6.36 Å². The minimum Gasteiger partial charge on any atom is -0.410 e. The molecule has 4 nitrogen and oxygen atoms in total. The molecule has 0 saturated heterocycles. The summed E-state index contributed by atoms with van der Waals surface area (Å²) in [7, 11) is 0. The highest BCUT2D eigenvalue weighted by atomic mass is 19.4. The van der Waals surface area contributed by atoms with Gasteiger partial charge < -0.3 is 9.47 Å². The molecule has 0 fully saturated rings. The zero-order valence-electron chi connectivity index (χ0n) is 10.9. The van der Waals surface area contributed by atoms with Crippen molar-refractivity contribution in [3.05, 3.63) is 54.3 Å². The van der Waals surface area contributed by atoms with Crippen LogP contribution in [0.5, 0.6) is 11.5 Å². The first-order valence-electron chi connectivity index (χ1n) is 5.93. The number of anilines is 1. The van der Waals surface area contributed by atoms with E-state index in [1.165, 1.54) is 12.1 Å². The summed E-state index contributed by atoms with van der Waals surface area (Å²) in [6, 6.07) is 10.5. The van der Waals surface area contributed by atoms with Gasteiger partial charge in [-0.3, -0.25) is 5.32 Å². The van der Waals surface area contributed by atoms with Gasteiger partial charge in [0.25, 0.3) is 0 Å². The van der Waals surface area contributed by atoms with Gasteiger partial charge in [-0.2, -0.15) is 0 Å². The minimum absolute atomic E-state index is 0.110. The number of alkyl halides is 3. The third-order valence-electron chi connectivity index (χ3n) is 2.36. The predicted molar refractivity (Wildman–Crippen MR) is 69.2 cm³/mol. The van der Waals surface area contributed by atoms with Crippen LogP contribution in [0.4, 0.5) is 28.0 Å². The highest BCUT2D eigenvalue weighted by Crippen LogP contribution is 2.28. The van der Waals surface area contributed by atoms with Gasteiger partial charge in [-0.25, -0.2) is 9.18 Å². The molecule has 0 bridgehead atoms. The zero-order valence-corrected chi connectivity index (χ0v) is 10.9. The molecular formula is C14H9F4NO3. The van der Waals surface area contributed by atoms with Crippen molar-refractivity contribution < 1.29 is 31.8 Å². The van der Waals surface area contributed by atoms with Crippen molar-refractivity contribution in [2.24, 2.45) is 0 Å². The summed E-state index contributed by atoms with van der Waals surface area (Å²) in [4.78, 5) is 11.6. The number of amides is 1. The average Bonchev–Trinajstić information content (AvgIpc) is 2.42. The molecule has 2 rings (SSSR count). The fraction of sp³-hybridized carbons (Fsp3) is 0.0714. The second kappa shape index (κ2) is 6.33. The molecule has 0 atom stereocenters. The van der Waals surface area contributed by atoms with Gasteiger partial charge in [-0.15, -0.1) is 13.2 Å². The number of hydrogen-bond donors (Lipinski definition) is 1. The summed E-state index contributed by atoms with van der Waals surface area (Å²) < 4.78 is 57.9. The van der Waals surface area contributed by atoms with E-state index in [1.807, 2.05) is 0 Å². The lowest BCUT2D eigenvalue weighted by Crippen LogP contribution is -2.19. The summed E-state index contributed by atoms with van der Waals surface area (Å²) in [6.07, 6.45) is -5.97. The van der Waals surface area contributed by atoms with Gasteiger partial charge in [0.2, 0.25) is 0 Å². The molecule has 0 spiro atoms. The Morgan fingerprint density at radius 3 is 2.36 bits per heavy atom. The van der Waals surface area contributed by atoms with Crippen LogP contribution >= 0.6 is 0 Å². The number of carbonyl (C=O) groups excluding carboxylic acids is 1. The first-order valence-corrected chi connectivity index (χ1v) is 5.93. The van der Waals surface area contributed by atoms with E-state index in [4.69, 9.17) is 4.74 Å². The third kappa shape index (κ3) is 4.65. The number of rotatable bonds is 3. The Labute approximate surface area is 122 Å². The summed E-state index contributed by atoms with van der Waals surface area (Å²) >= 11 is 0. The fourth-order valence-electron chi connectivity index (χ4n) is 1.52. The normalized spacial score (nSPS) is 10.9. The summed E-state index contributed by atoms with van der Waals surface area (Å²) in [5.74, 6) is -2.02. The molecule has 2 aromatic rings. The number of para-hydroxylation sites is 1. The molecule has 0 unspecified atom stereocenters. The first-order chi connectivity index (χ1) is 10.3. The number of ether oxygens (including phenoxy) is 2. The maximum absolute atomic E-state index is 13.2. The molecule has 22 heavy (non-hydrogen) atoms. The molecule has 8 heteroatoms. The monoisotopic (exact) mass is 315 g/mol. The number of benzene rings is 2. The quantitative estimate of drug-likeness (QED) is 0.857. The van der Waals surface area contributed by atoms with Crippen molar-refractivity contribution in [1.82, 2.24) is 0 Å². The average molecular weight is 315 g/mol. The number of hydrogen-bond acceptors (Lipinski definition) is 3. The van der Waals surface area contributed by atoms with Crippen molar-refractivity contribution in [3.63, 3.8) is 0 Å². The van der Waals surface area contributed by atoms with Gasteiger partial charge in [-0.1, -0.05) is 18.2 Å². The van der Waals surface area contributed by atoms with Crippen LogP contribution in [0.2, 0.25) is 0 Å². The van der Waals surface area contributed by atoms with E-state index < -0.39 is 24.0 Å². The molecule has 0 aliphatic carbocycles. The van der Waals surface area contributed by atoms with Gasteiger partial charge in [-0.05, 0) is 24.3 Å². The van der Waals surface area contributed by atoms with E-state index in [0.29, 0.717) is 6.07 Å². The van der Waals surface area contributed by atoms with Crippen LogP contribution in [-0.2, 0) is 0 Å². The molecule has 1 amide bonds. The van der Waals surface area contributed by atoms with Crippen LogP contribution in [0.25, 0.3) is 0 Å². The Balaban J connectivity index is 2.06. The number of nitrogens with one attached hydrogen (secondary N) is 1. The lowest BCUT2D eigenvalue weighted by atomic mass is 10.3. The summed E-state index contributed by atoms with van der Waals surface area (Å²) in [6.45, 7) is 0. The fourth-order valence-corrected chi connectivity index (χ4v) is 1.52. The smallest absolute Gasteiger partial charge is 0.410 e. The van der Waals surface area contributed by atoms with Gasteiger partial charge in [0.1, 0.15) is 5.75 Å². The van der Waals surface area contributed by atoms with Crippen molar-refractivity contribution in [1.29, 1.82) is 0 Å². The number of halogens is 4. The lowest BCUT2D eigenvalue weighted by Gasteiger charge is -2.11. The van der Waals surface area contributed by atoms with E-state index >= 15 is 0 Å². The zero-order chi connectivity index (χ0) is 16.2. The topological polar surface area (TPSA) is 47.6 Å². The standard InChI is InChI=1S/C14H9F4NO3/c15-11-7-6-9(8-12(11)22-14(16,17)18)19-13(20)21-10-4-2-1-3-5-10/h1-8H,(H,19,20). The van der Waals surface area contributed by atoms with Crippen molar-refractivity contribution >= 4 is 11.8 Å². The second-order valence-corrected chi connectivity index (χ2v) is 4.02. The molecule has 0 heterocycles. The van der Waals surface area contributed by atoms with E-state index in [9.17, 15) is 22.4 Å². The molecule has 0 aliphatic rings. The molecule has 0 radical (unpaired) electrons. The highest BCUT2D eigenvalue weighted by Gasteiger charge is 2.32. The van der Waals surface area contributed by atoms with Crippen molar-refractivity contribution in [2.75, 3.05) is 5.32 Å². The first kappa shape index (κ1) is 15.6. The highest BCUT2D eigenvalue weighted by molar-refractivity contribution is 5.86. The molecule has 0 saturated carbocycles. The largest absolute Gasteiger partial charge is 0.573 e. The van der Waals surface area contributed by atoms with Crippen LogP contribution in [0.1, 0.15) is 0 Å². The van der Waals surface area contributed by atoms with Gasteiger partial charge in [0.05, 0.1) is 0 Å². The van der Waals surface area contributed by atoms with Crippen LogP contribution in [0.15, 0.2) is 48.5 Å². The predicted octanol–water partition coefficient (Wildman–Crippen LogP) is 4.34. The number of carbonyl (C=O) groups is 1. The van der Waals surface area contributed by atoms with Gasteiger partial charge in [0, 0.05) is 11.8 Å². The van der Waals surface area contributed by atoms with E-state index in [-0.39, 0.29) is 11.4 Å². The molecule has 0 aromatic heterocycles. The van der Waals surface area contributed by atoms with E-state index in [1.54, 1.807) is 18.2 Å². The Kier molecular flexibility index (Phi) is 4.50. The molecule has 116 valence electrons. The van der Waals surface area contributed by atoms with Gasteiger partial charge >= 0.3 is 12.5 Å². The molecular weight excluding hydrogens is 306 g/mol. The van der Waals surface area contributed by atoms with Crippen LogP contribution < -0.4 is 14.8 Å². The van der Waals surface area contributed by atoms with Crippen LogP contribution in [-0.4, -0.2) is 12.5 Å². The molecule has 2 aromatic carbocycles. The Hall–Kier alpha value is -2.77. The van der Waals surface area contributed by atoms with Crippen LogP contribution in [0, 0.1) is 5.82 Å². The lowest BCUT2D eigenvalue weighted by molar-refractivity contribution is -0.275. The maximum Gasteiger partial charge on any atom is 0.573 e. The SMILES string of the molecule is O=C(Nc1ccc(F)c(OC(F)(F)F)c1)Oc1ccccc1. The van der Waals surface area contributed by atoms with E-state index in [0.717, 1.165) is 12.1 Å². The maximum atomic E-state index is 13.2. The second-order valence-electron chi connectivity index (χ2n) is 4.02. The molecule has 0 aliphatic heterocycles. The van der Waals surface area contributed by atoms with E-state index in [2.05, 4.69) is 10.1 Å². The van der Waals surface area contributed by atoms with Crippen LogP contribution in [0.3, 0.4) is 0 Å². The Morgan fingerprint density at radius 2 is 1.73 bits per heavy atom. The molecule has 1 N–H and O–H groups in total. The van der Waals surface area contributed by atoms with Gasteiger partial charge in [0.15, 0.2) is 11.6 Å². The summed E-state index contributed by atoms with van der Waals surface area (Å²) in [5.41, 5.74) is -0.110. The summed E-state index contributed by atoms with van der Waals surface area (Å²) in [5, 5.41) is 2.17. The van der Waals surface area contributed by atoms with Crippen molar-refractivity contribution in [3.8, 4) is 11.5 Å². The Morgan fingerprint density at radius 1 is 1.05 bits per heavy atom.